The molecule has 6 nitrogen and oxygen atoms in total. The molecule has 0 spiro atoms. The summed E-state index contributed by atoms with van der Waals surface area (Å²) < 4.78 is 5.38. The number of ether oxygens (including phenoxy) is 1. The summed E-state index contributed by atoms with van der Waals surface area (Å²) in [4.78, 5) is 18.0. The third-order valence-electron chi connectivity index (χ3n) is 4.01. The van der Waals surface area contributed by atoms with Crippen molar-refractivity contribution in [1.82, 2.24) is 0 Å². The van der Waals surface area contributed by atoms with E-state index in [0.29, 0.717) is 23.3 Å². The summed E-state index contributed by atoms with van der Waals surface area (Å²) in [7, 11) is 0. The Balaban J connectivity index is 3.16. The third kappa shape index (κ3) is 9.21. The Labute approximate surface area is 184 Å². The van der Waals surface area contributed by atoms with E-state index in [1.807, 2.05) is 13.0 Å². The molecule has 0 amide bonds. The topological polar surface area (TPSA) is 88.4 Å². The van der Waals surface area contributed by atoms with Crippen LogP contribution in [0.3, 0.4) is 0 Å². The Bertz CT molecular complexity index is 880. The van der Waals surface area contributed by atoms with E-state index in [-0.39, 0.29) is 30.1 Å². The van der Waals surface area contributed by atoms with Gasteiger partial charge >= 0.3 is 5.97 Å². The van der Waals surface area contributed by atoms with E-state index in [0.717, 1.165) is 12.5 Å². The van der Waals surface area contributed by atoms with Crippen LogP contribution in [-0.2, 0) is 16.0 Å². The Morgan fingerprint density at radius 1 is 1.26 bits per heavy atom. The van der Waals surface area contributed by atoms with Crippen LogP contribution in [0.5, 0.6) is 11.5 Å². The van der Waals surface area contributed by atoms with Gasteiger partial charge in [0, 0.05) is 18.9 Å². The molecule has 0 heterocycles. The van der Waals surface area contributed by atoms with Crippen LogP contribution in [-0.4, -0.2) is 34.6 Å². The van der Waals surface area contributed by atoms with Crippen LogP contribution in [0.15, 0.2) is 79.1 Å². The molecule has 1 rings (SSSR count). The molecule has 0 bridgehead atoms. The van der Waals surface area contributed by atoms with Crippen LogP contribution in [0.1, 0.15) is 42.6 Å². The standard InChI is InChI=1S/C25H31NO5/c1-6-9-12-18(4)17-30-26-21(13-10-7-2)14-20-15-22(27)16-23(28)24(20)25(29)31-19(5)11-8-3/h6,8-10,12-13,15-16,19,27-28H,1,3-4,7,11,14,17H2,2,5H3/b12-9-,13-10+,26-21+. The zero-order valence-electron chi connectivity index (χ0n) is 18.2. The van der Waals surface area contributed by atoms with Gasteiger partial charge in [-0.2, -0.15) is 0 Å². The molecule has 0 saturated heterocycles. The van der Waals surface area contributed by atoms with Crippen LogP contribution in [0, 0.1) is 0 Å². The average molecular weight is 426 g/mol. The summed E-state index contributed by atoms with van der Waals surface area (Å²) in [5.74, 6) is -1.23. The summed E-state index contributed by atoms with van der Waals surface area (Å²) in [6, 6.07) is 2.50. The van der Waals surface area contributed by atoms with Gasteiger partial charge in [0.1, 0.15) is 29.8 Å². The van der Waals surface area contributed by atoms with E-state index in [9.17, 15) is 15.0 Å². The number of nitrogens with zero attached hydrogens (tertiary/aromatic N) is 1. The Morgan fingerprint density at radius 2 is 2.00 bits per heavy atom. The number of carbonyl (C=O) groups is 1. The molecule has 1 atom stereocenters. The van der Waals surface area contributed by atoms with Crippen LogP contribution in [0.25, 0.3) is 0 Å². The van der Waals surface area contributed by atoms with Crippen LogP contribution < -0.4 is 0 Å². The lowest BCUT2D eigenvalue weighted by atomic mass is 10.00. The lowest BCUT2D eigenvalue weighted by Crippen LogP contribution is -2.17. The number of hydrogen-bond donors (Lipinski definition) is 2. The minimum absolute atomic E-state index is 0.0235. The first kappa shape index (κ1) is 25.5. The molecule has 0 radical (unpaired) electrons. The van der Waals surface area contributed by atoms with Gasteiger partial charge in [0.25, 0.3) is 0 Å². The zero-order chi connectivity index (χ0) is 23.2. The highest BCUT2D eigenvalue weighted by Crippen LogP contribution is 2.29. The van der Waals surface area contributed by atoms with E-state index in [1.165, 1.54) is 6.07 Å². The van der Waals surface area contributed by atoms with E-state index < -0.39 is 12.1 Å². The molecule has 0 aliphatic heterocycles. The summed E-state index contributed by atoms with van der Waals surface area (Å²) in [6.45, 7) is 15.0. The normalized spacial score (nSPS) is 12.6. The number of benzene rings is 1. The van der Waals surface area contributed by atoms with Crippen LogP contribution in [0.2, 0.25) is 0 Å². The number of hydrogen-bond acceptors (Lipinski definition) is 6. The molecule has 1 aromatic rings. The second-order valence-corrected chi connectivity index (χ2v) is 6.84. The monoisotopic (exact) mass is 425 g/mol. The highest BCUT2D eigenvalue weighted by Gasteiger charge is 2.22. The Kier molecular flexibility index (Phi) is 11.2. The molecule has 6 heteroatoms. The van der Waals surface area contributed by atoms with E-state index >= 15 is 0 Å². The van der Waals surface area contributed by atoms with Crippen molar-refractivity contribution in [1.29, 1.82) is 0 Å². The van der Waals surface area contributed by atoms with Crippen LogP contribution >= 0.6 is 0 Å². The smallest absolute Gasteiger partial charge is 0.342 e. The van der Waals surface area contributed by atoms with Crippen molar-refractivity contribution < 1.29 is 24.6 Å². The molecule has 1 aromatic carbocycles. The number of rotatable bonds is 13. The van der Waals surface area contributed by atoms with Crippen molar-refractivity contribution in [2.24, 2.45) is 5.16 Å². The highest BCUT2D eigenvalue weighted by atomic mass is 16.6. The number of oxime groups is 1. The largest absolute Gasteiger partial charge is 0.508 e. The maximum absolute atomic E-state index is 12.7. The van der Waals surface area contributed by atoms with Crippen molar-refractivity contribution in [2.75, 3.05) is 6.61 Å². The SMILES string of the molecule is C=C/C=C\C(=C)CO/N=C(\C=C\CC)Cc1cc(O)cc(O)c1C(=O)OC(C)CC=C. The van der Waals surface area contributed by atoms with Crippen molar-refractivity contribution >= 4 is 11.7 Å². The number of phenols is 2. The molecule has 2 N–H and O–H groups in total. The second kappa shape index (κ2) is 13.6. The lowest BCUT2D eigenvalue weighted by molar-refractivity contribution is 0.0344. The maximum atomic E-state index is 12.7. The van der Waals surface area contributed by atoms with Gasteiger partial charge in [-0.3, -0.25) is 0 Å². The number of allylic oxidation sites excluding steroid dienone is 4. The van der Waals surface area contributed by atoms with Gasteiger partial charge in [0.05, 0.1) is 5.71 Å². The van der Waals surface area contributed by atoms with Crippen molar-refractivity contribution in [3.63, 3.8) is 0 Å². The van der Waals surface area contributed by atoms with E-state index in [4.69, 9.17) is 9.57 Å². The number of esters is 1. The number of aromatic hydroxyl groups is 2. The van der Waals surface area contributed by atoms with Gasteiger partial charge in [-0.05, 0) is 36.6 Å². The van der Waals surface area contributed by atoms with Crippen molar-refractivity contribution in [2.45, 2.75) is 39.2 Å². The molecular weight excluding hydrogens is 394 g/mol. The van der Waals surface area contributed by atoms with Gasteiger partial charge in [-0.15, -0.1) is 6.58 Å². The molecule has 0 fully saturated rings. The maximum Gasteiger partial charge on any atom is 0.342 e. The predicted molar refractivity (Wildman–Crippen MR) is 124 cm³/mol. The molecule has 166 valence electrons. The Morgan fingerprint density at radius 3 is 2.65 bits per heavy atom. The number of phenolic OH excluding ortho intramolecular Hbond substituents is 2. The first-order valence-corrected chi connectivity index (χ1v) is 10.0. The predicted octanol–water partition coefficient (Wildman–Crippen LogP) is 5.40. The molecule has 0 aliphatic carbocycles. The third-order valence-corrected chi connectivity index (χ3v) is 4.01. The Hall–Kier alpha value is -3.54. The van der Waals surface area contributed by atoms with E-state index in [2.05, 4.69) is 24.9 Å². The van der Waals surface area contributed by atoms with Crippen molar-refractivity contribution in [3.8, 4) is 11.5 Å². The first-order valence-electron chi connectivity index (χ1n) is 10.0. The fraction of sp³-hybridized carbons (Fsp3) is 0.280. The second-order valence-electron chi connectivity index (χ2n) is 6.84. The van der Waals surface area contributed by atoms with Gasteiger partial charge in [0.15, 0.2) is 0 Å². The highest BCUT2D eigenvalue weighted by molar-refractivity contribution is 6.00. The minimum atomic E-state index is -0.690. The molecule has 0 saturated carbocycles. The lowest BCUT2D eigenvalue weighted by Gasteiger charge is -2.15. The summed E-state index contributed by atoms with van der Waals surface area (Å²) in [5, 5.41) is 24.4. The molecule has 0 aromatic heterocycles. The minimum Gasteiger partial charge on any atom is -0.508 e. The quantitative estimate of drug-likeness (QED) is 0.145. The molecule has 31 heavy (non-hydrogen) atoms. The summed E-state index contributed by atoms with van der Waals surface area (Å²) in [5.41, 5.74) is 1.55. The van der Waals surface area contributed by atoms with Gasteiger partial charge in [0.2, 0.25) is 0 Å². The van der Waals surface area contributed by atoms with E-state index in [1.54, 1.807) is 37.3 Å². The summed E-state index contributed by atoms with van der Waals surface area (Å²) >= 11 is 0. The van der Waals surface area contributed by atoms with Gasteiger partial charge in [-0.1, -0.05) is 55.6 Å². The average Bonchev–Trinajstić information content (AvgIpc) is 2.69. The fourth-order valence-corrected chi connectivity index (χ4v) is 2.59. The first-order chi connectivity index (χ1) is 14.8. The van der Waals surface area contributed by atoms with Gasteiger partial charge in [-0.25, -0.2) is 4.79 Å². The molecule has 0 aliphatic rings. The molecular formula is C25H31NO5. The van der Waals surface area contributed by atoms with Crippen molar-refractivity contribution in [3.05, 3.63) is 85.0 Å². The summed E-state index contributed by atoms with van der Waals surface area (Å²) in [6.07, 6.45) is 11.4. The van der Waals surface area contributed by atoms with Gasteiger partial charge < -0.3 is 19.8 Å². The number of carbonyl (C=O) groups excluding carboxylic acids is 1. The zero-order valence-corrected chi connectivity index (χ0v) is 18.2. The fourth-order valence-electron chi connectivity index (χ4n) is 2.59. The molecule has 1 unspecified atom stereocenters. The van der Waals surface area contributed by atoms with Crippen LogP contribution in [0.4, 0.5) is 0 Å².